The second kappa shape index (κ2) is 19.1. The number of fused-ring (bicyclic) bond motifs is 2. The van der Waals surface area contributed by atoms with Gasteiger partial charge in [0, 0.05) is 17.6 Å². The molecule has 0 spiro atoms. The van der Waals surface area contributed by atoms with Gasteiger partial charge < -0.3 is 18.9 Å². The molecule has 244 valence electrons. The number of hydrogen-bond acceptors (Lipinski definition) is 6. The molecule has 6 nitrogen and oxygen atoms in total. The summed E-state index contributed by atoms with van der Waals surface area (Å²) in [4.78, 5) is 2.24. The molecule has 45 heavy (non-hydrogen) atoms. The minimum Gasteiger partial charge on any atom is -0.616 e. The van der Waals surface area contributed by atoms with Crippen molar-refractivity contribution < 1.29 is 14.0 Å². The van der Waals surface area contributed by atoms with E-state index < -0.39 is 11.2 Å². The molecular weight excluding hydrogens is 599 g/mol. The second-order valence-corrected chi connectivity index (χ2v) is 15.1. The highest BCUT2D eigenvalue weighted by Crippen LogP contribution is 2.33. The molecule has 0 radical (unpaired) electrons. The first-order chi connectivity index (χ1) is 21.9. The average molecular weight is 650 g/mol. The minimum atomic E-state index is -0.743. The van der Waals surface area contributed by atoms with Crippen molar-refractivity contribution in [3.63, 3.8) is 0 Å². The van der Waals surface area contributed by atoms with E-state index in [4.69, 9.17) is 14.6 Å². The first-order valence-corrected chi connectivity index (χ1v) is 18.8. The molecule has 1 aliphatic rings. The average Bonchev–Trinajstić information content (AvgIpc) is 3.65. The van der Waals surface area contributed by atoms with E-state index in [1.165, 1.54) is 60.1 Å². The van der Waals surface area contributed by atoms with E-state index in [9.17, 15) is 4.55 Å². The van der Waals surface area contributed by atoms with E-state index in [1.54, 1.807) is 0 Å². The van der Waals surface area contributed by atoms with Gasteiger partial charge in [-0.15, -0.1) is 11.8 Å². The lowest BCUT2D eigenvalue weighted by Crippen LogP contribution is -2.23. The SMILES string of the molecule is CCCCCCCC[S+]([O-])C(C)Cc1ccc2c(c1)OCO2.CN(C)CCCSc1c2ccccc2nn1Cc1ccccc1. The van der Waals surface area contributed by atoms with Gasteiger partial charge in [-0.2, -0.15) is 5.10 Å². The summed E-state index contributed by atoms with van der Waals surface area (Å²) in [5.74, 6) is 3.57. The molecule has 1 aromatic heterocycles. The molecule has 0 N–H and O–H groups in total. The highest BCUT2D eigenvalue weighted by molar-refractivity contribution is 7.99. The van der Waals surface area contributed by atoms with E-state index in [-0.39, 0.29) is 5.25 Å². The van der Waals surface area contributed by atoms with Crippen LogP contribution in [0.4, 0.5) is 0 Å². The van der Waals surface area contributed by atoms with Crippen LogP contribution >= 0.6 is 11.8 Å². The predicted molar refractivity (Wildman–Crippen MR) is 191 cm³/mol. The molecule has 0 saturated carbocycles. The van der Waals surface area contributed by atoms with Gasteiger partial charge in [-0.05, 0) is 76.2 Å². The van der Waals surface area contributed by atoms with Crippen molar-refractivity contribution in [2.75, 3.05) is 38.9 Å². The number of rotatable bonds is 17. The molecule has 5 rings (SSSR count). The van der Waals surface area contributed by atoms with Crippen LogP contribution in [-0.2, 0) is 24.1 Å². The molecule has 0 aliphatic carbocycles. The standard InChI is InChI=1S/C19H23N3S.C18H28O3S/c1-21(2)13-8-14-23-19-17-11-6-7-12-18(17)20-22(19)15-16-9-4-3-5-10-16;1-3-4-5-6-7-8-11-22(19)15(2)12-16-9-10-17-18(13-16)21-14-20-17/h3-7,9-12H,8,13-15H2,1-2H3;9-10,13,15H,3-8,11-12,14H2,1-2H3. The van der Waals surface area contributed by atoms with E-state index in [0.717, 1.165) is 54.5 Å². The van der Waals surface area contributed by atoms with Crippen LogP contribution in [0.3, 0.4) is 0 Å². The normalized spacial score (nSPS) is 13.6. The molecule has 1 aliphatic heterocycles. The number of aromatic nitrogens is 2. The number of hydrogen-bond donors (Lipinski definition) is 0. The van der Waals surface area contributed by atoms with Gasteiger partial charge in [-0.1, -0.05) is 98.4 Å². The van der Waals surface area contributed by atoms with Crippen molar-refractivity contribution in [1.82, 2.24) is 14.7 Å². The number of thioether (sulfide) groups is 1. The molecule has 0 saturated heterocycles. The fourth-order valence-electron chi connectivity index (χ4n) is 5.34. The van der Waals surface area contributed by atoms with Crippen molar-refractivity contribution in [3.05, 3.63) is 83.9 Å². The Morgan fingerprint density at radius 1 is 0.889 bits per heavy atom. The van der Waals surface area contributed by atoms with Crippen molar-refractivity contribution in [1.29, 1.82) is 0 Å². The first kappa shape index (κ1) is 35.2. The maximum absolute atomic E-state index is 12.3. The summed E-state index contributed by atoms with van der Waals surface area (Å²) in [7, 11) is 4.25. The van der Waals surface area contributed by atoms with E-state index in [1.807, 2.05) is 30.0 Å². The predicted octanol–water partition coefficient (Wildman–Crippen LogP) is 8.58. The zero-order valence-electron chi connectivity index (χ0n) is 27.6. The Balaban J connectivity index is 0.000000205. The van der Waals surface area contributed by atoms with Crippen LogP contribution in [0.2, 0.25) is 0 Å². The van der Waals surface area contributed by atoms with Crippen LogP contribution in [0.5, 0.6) is 11.5 Å². The minimum absolute atomic E-state index is 0.191. The third-order valence-corrected chi connectivity index (χ3v) is 10.8. The van der Waals surface area contributed by atoms with Crippen molar-refractivity contribution >= 4 is 33.8 Å². The maximum Gasteiger partial charge on any atom is 0.231 e. The van der Waals surface area contributed by atoms with E-state index >= 15 is 0 Å². The summed E-state index contributed by atoms with van der Waals surface area (Å²) >= 11 is 1.18. The van der Waals surface area contributed by atoms with Crippen LogP contribution < -0.4 is 9.47 Å². The van der Waals surface area contributed by atoms with Crippen LogP contribution in [0.25, 0.3) is 10.9 Å². The quantitative estimate of drug-likeness (QED) is 0.0649. The molecule has 0 bridgehead atoms. The van der Waals surface area contributed by atoms with Crippen LogP contribution in [0.15, 0.2) is 77.8 Å². The van der Waals surface area contributed by atoms with Gasteiger partial charge >= 0.3 is 0 Å². The molecule has 3 aromatic carbocycles. The van der Waals surface area contributed by atoms with Crippen LogP contribution in [-0.4, -0.2) is 63.4 Å². The van der Waals surface area contributed by atoms with Gasteiger partial charge in [0.05, 0.1) is 12.1 Å². The summed E-state index contributed by atoms with van der Waals surface area (Å²) in [6.45, 7) is 6.56. The summed E-state index contributed by atoms with van der Waals surface area (Å²) in [6.07, 6.45) is 9.51. The van der Waals surface area contributed by atoms with E-state index in [2.05, 4.69) is 92.1 Å². The molecular formula is C37H51N3O3S2. The largest absolute Gasteiger partial charge is 0.616 e. The van der Waals surface area contributed by atoms with Crippen LogP contribution in [0, 0.1) is 0 Å². The Morgan fingerprint density at radius 3 is 2.42 bits per heavy atom. The third kappa shape index (κ3) is 11.6. The fourth-order valence-corrected chi connectivity index (χ4v) is 7.66. The molecule has 8 heteroatoms. The molecule has 0 fully saturated rings. The lowest BCUT2D eigenvalue weighted by molar-refractivity contribution is 0.174. The Kier molecular flexibility index (Phi) is 15.0. The van der Waals surface area contributed by atoms with Gasteiger partial charge in [-0.25, -0.2) is 0 Å². The molecule has 2 heterocycles. The monoisotopic (exact) mass is 649 g/mol. The van der Waals surface area contributed by atoms with Gasteiger partial charge in [-0.3, -0.25) is 4.68 Å². The summed E-state index contributed by atoms with van der Waals surface area (Å²) in [6, 6.07) is 25.0. The summed E-state index contributed by atoms with van der Waals surface area (Å²) in [5.41, 5.74) is 3.54. The van der Waals surface area contributed by atoms with Gasteiger partial charge in [0.15, 0.2) is 11.5 Å². The second-order valence-electron chi connectivity index (χ2n) is 12.0. The van der Waals surface area contributed by atoms with Gasteiger partial charge in [0.2, 0.25) is 6.79 Å². The smallest absolute Gasteiger partial charge is 0.231 e. The number of benzene rings is 3. The Bertz CT molecular complexity index is 1410. The number of nitrogens with zero attached hydrogens (tertiary/aromatic N) is 3. The number of unbranched alkanes of at least 4 members (excludes halogenated alkanes) is 5. The molecule has 4 aromatic rings. The number of ether oxygens (including phenoxy) is 2. The Hall–Kier alpha value is -2.65. The van der Waals surface area contributed by atoms with E-state index in [0.29, 0.717) is 6.79 Å². The van der Waals surface area contributed by atoms with Crippen molar-refractivity contribution in [2.24, 2.45) is 0 Å². The van der Waals surface area contributed by atoms with Gasteiger partial charge in [0.25, 0.3) is 0 Å². The zero-order chi connectivity index (χ0) is 31.9. The van der Waals surface area contributed by atoms with Crippen LogP contribution in [0.1, 0.15) is 69.9 Å². The van der Waals surface area contributed by atoms with Gasteiger partial charge in [0.1, 0.15) is 16.0 Å². The van der Waals surface area contributed by atoms with Crippen molar-refractivity contribution in [3.8, 4) is 11.5 Å². The highest BCUT2D eigenvalue weighted by atomic mass is 32.2. The first-order valence-electron chi connectivity index (χ1n) is 16.5. The third-order valence-electron chi connectivity index (χ3n) is 7.87. The fraction of sp³-hybridized carbons (Fsp3) is 0.486. The maximum atomic E-state index is 12.3. The zero-order valence-corrected chi connectivity index (χ0v) is 29.2. The Morgan fingerprint density at radius 2 is 1.62 bits per heavy atom. The lowest BCUT2D eigenvalue weighted by atomic mass is 10.1. The Labute approximate surface area is 278 Å². The molecule has 0 amide bonds. The van der Waals surface area contributed by atoms with Crippen molar-refractivity contribution in [2.45, 2.75) is 82.0 Å². The summed E-state index contributed by atoms with van der Waals surface area (Å²) in [5, 5.41) is 7.54. The summed E-state index contributed by atoms with van der Waals surface area (Å²) < 4.78 is 25.2. The highest BCUT2D eigenvalue weighted by Gasteiger charge is 2.20. The topological polar surface area (TPSA) is 62.6 Å². The molecule has 2 atom stereocenters. The molecule has 2 unspecified atom stereocenters. The lowest BCUT2D eigenvalue weighted by Gasteiger charge is -2.18.